The van der Waals surface area contributed by atoms with Crippen molar-refractivity contribution >= 4 is 0 Å². The predicted octanol–water partition coefficient (Wildman–Crippen LogP) is 1.89. The first-order valence-electron chi connectivity index (χ1n) is 8.25. The van der Waals surface area contributed by atoms with E-state index in [4.69, 9.17) is 15.2 Å². The van der Waals surface area contributed by atoms with Crippen molar-refractivity contribution in [1.29, 1.82) is 0 Å². The van der Waals surface area contributed by atoms with Gasteiger partial charge in [-0.1, -0.05) is 6.07 Å². The Kier molecular flexibility index (Phi) is 5.30. The SMILES string of the molecule is CCOc1ccc(C(N)c2n[nH]c(Cn3cccn3)n2)cc1OCC. The minimum atomic E-state index is -0.461. The summed E-state index contributed by atoms with van der Waals surface area (Å²) >= 11 is 0. The summed E-state index contributed by atoms with van der Waals surface area (Å²) in [7, 11) is 0. The number of aromatic amines is 1. The topological polar surface area (TPSA) is 104 Å². The summed E-state index contributed by atoms with van der Waals surface area (Å²) in [5.41, 5.74) is 7.19. The van der Waals surface area contributed by atoms with E-state index in [-0.39, 0.29) is 0 Å². The number of nitrogens with one attached hydrogen (secondary N) is 1. The van der Waals surface area contributed by atoms with Gasteiger partial charge in [-0.05, 0) is 37.6 Å². The monoisotopic (exact) mass is 342 g/mol. The second kappa shape index (κ2) is 7.80. The Morgan fingerprint density at radius 3 is 2.72 bits per heavy atom. The van der Waals surface area contributed by atoms with E-state index in [0.717, 1.165) is 5.56 Å². The summed E-state index contributed by atoms with van der Waals surface area (Å²) in [4.78, 5) is 4.47. The van der Waals surface area contributed by atoms with E-state index in [9.17, 15) is 0 Å². The Labute approximate surface area is 146 Å². The summed E-state index contributed by atoms with van der Waals surface area (Å²) in [5.74, 6) is 2.60. The number of ether oxygens (including phenoxy) is 2. The fourth-order valence-corrected chi connectivity index (χ4v) is 2.48. The molecule has 25 heavy (non-hydrogen) atoms. The van der Waals surface area contributed by atoms with Crippen LogP contribution in [0.15, 0.2) is 36.7 Å². The third-order valence-corrected chi connectivity index (χ3v) is 3.62. The van der Waals surface area contributed by atoms with E-state index in [2.05, 4.69) is 20.3 Å². The van der Waals surface area contributed by atoms with Gasteiger partial charge in [0.15, 0.2) is 17.3 Å². The fraction of sp³-hybridized carbons (Fsp3) is 0.353. The molecule has 2 heterocycles. The molecule has 1 atom stereocenters. The van der Waals surface area contributed by atoms with Crippen LogP contribution in [0, 0.1) is 0 Å². The number of aromatic nitrogens is 5. The molecular formula is C17H22N6O2. The smallest absolute Gasteiger partial charge is 0.171 e. The maximum absolute atomic E-state index is 6.33. The number of hydrogen-bond acceptors (Lipinski definition) is 6. The lowest BCUT2D eigenvalue weighted by Gasteiger charge is -2.14. The second-order valence-corrected chi connectivity index (χ2v) is 5.39. The highest BCUT2D eigenvalue weighted by Crippen LogP contribution is 2.31. The van der Waals surface area contributed by atoms with E-state index in [1.807, 2.05) is 44.3 Å². The lowest BCUT2D eigenvalue weighted by atomic mass is 10.1. The van der Waals surface area contributed by atoms with Gasteiger partial charge in [-0.25, -0.2) is 4.98 Å². The van der Waals surface area contributed by atoms with E-state index >= 15 is 0 Å². The number of hydrogen-bond donors (Lipinski definition) is 2. The van der Waals surface area contributed by atoms with Gasteiger partial charge in [-0.3, -0.25) is 9.78 Å². The predicted molar refractivity (Wildman–Crippen MR) is 92.5 cm³/mol. The van der Waals surface area contributed by atoms with Crippen LogP contribution in [-0.4, -0.2) is 38.2 Å². The van der Waals surface area contributed by atoms with Gasteiger partial charge in [0.2, 0.25) is 0 Å². The highest BCUT2D eigenvalue weighted by molar-refractivity contribution is 5.44. The highest BCUT2D eigenvalue weighted by atomic mass is 16.5. The summed E-state index contributed by atoms with van der Waals surface area (Å²) < 4.78 is 13.0. The Morgan fingerprint density at radius 2 is 2.00 bits per heavy atom. The van der Waals surface area contributed by atoms with Crippen LogP contribution in [0.4, 0.5) is 0 Å². The van der Waals surface area contributed by atoms with Gasteiger partial charge in [0.1, 0.15) is 12.4 Å². The minimum absolute atomic E-state index is 0.461. The maximum Gasteiger partial charge on any atom is 0.171 e. The minimum Gasteiger partial charge on any atom is -0.490 e. The molecule has 8 nitrogen and oxygen atoms in total. The molecule has 1 unspecified atom stereocenters. The molecule has 0 amide bonds. The zero-order chi connectivity index (χ0) is 17.6. The van der Waals surface area contributed by atoms with Crippen molar-refractivity contribution in [2.24, 2.45) is 5.73 Å². The summed E-state index contributed by atoms with van der Waals surface area (Å²) in [6, 6.07) is 7.04. The van der Waals surface area contributed by atoms with Gasteiger partial charge in [-0.2, -0.15) is 10.2 Å². The van der Waals surface area contributed by atoms with Crippen LogP contribution in [0.1, 0.15) is 37.1 Å². The zero-order valence-corrected chi connectivity index (χ0v) is 14.3. The van der Waals surface area contributed by atoms with E-state index < -0.39 is 6.04 Å². The summed E-state index contributed by atoms with van der Waals surface area (Å²) in [6.45, 7) is 5.50. The molecule has 0 saturated heterocycles. The molecule has 3 aromatic rings. The van der Waals surface area contributed by atoms with Crippen molar-refractivity contribution in [1.82, 2.24) is 25.0 Å². The average Bonchev–Trinajstić information content (AvgIpc) is 3.29. The molecular weight excluding hydrogens is 320 g/mol. The summed E-state index contributed by atoms with van der Waals surface area (Å²) in [6.07, 6.45) is 3.58. The van der Waals surface area contributed by atoms with E-state index in [1.54, 1.807) is 10.9 Å². The standard InChI is InChI=1S/C17H22N6O2/c1-3-24-13-7-6-12(10-14(13)25-4-2)16(18)17-20-15(21-22-17)11-23-9-5-8-19-23/h5-10,16H,3-4,11,18H2,1-2H3,(H,20,21,22). The quantitative estimate of drug-likeness (QED) is 0.648. The number of rotatable bonds is 8. The number of benzene rings is 1. The van der Waals surface area contributed by atoms with Gasteiger partial charge in [-0.15, -0.1) is 0 Å². The van der Waals surface area contributed by atoms with Crippen LogP contribution in [0.2, 0.25) is 0 Å². The second-order valence-electron chi connectivity index (χ2n) is 5.39. The van der Waals surface area contributed by atoms with Crippen LogP contribution in [0.5, 0.6) is 11.5 Å². The molecule has 0 aliphatic carbocycles. The Balaban J connectivity index is 1.79. The molecule has 2 aromatic heterocycles. The summed E-state index contributed by atoms with van der Waals surface area (Å²) in [5, 5.41) is 11.3. The van der Waals surface area contributed by atoms with Crippen molar-refractivity contribution in [2.75, 3.05) is 13.2 Å². The molecule has 132 valence electrons. The van der Waals surface area contributed by atoms with Crippen molar-refractivity contribution in [3.63, 3.8) is 0 Å². The van der Waals surface area contributed by atoms with Gasteiger partial charge < -0.3 is 15.2 Å². The van der Waals surface area contributed by atoms with Crippen LogP contribution >= 0.6 is 0 Å². The van der Waals surface area contributed by atoms with Crippen molar-refractivity contribution < 1.29 is 9.47 Å². The largest absolute Gasteiger partial charge is 0.490 e. The molecule has 0 aliphatic rings. The molecule has 0 spiro atoms. The maximum atomic E-state index is 6.33. The van der Waals surface area contributed by atoms with Crippen molar-refractivity contribution in [3.05, 3.63) is 53.9 Å². The van der Waals surface area contributed by atoms with Crippen LogP contribution < -0.4 is 15.2 Å². The van der Waals surface area contributed by atoms with Gasteiger partial charge >= 0.3 is 0 Å². The van der Waals surface area contributed by atoms with E-state index in [0.29, 0.717) is 42.9 Å². The molecule has 3 rings (SSSR count). The Hall–Kier alpha value is -2.87. The first kappa shape index (κ1) is 17.0. The first-order chi connectivity index (χ1) is 12.2. The first-order valence-corrected chi connectivity index (χ1v) is 8.25. The van der Waals surface area contributed by atoms with Gasteiger partial charge in [0.05, 0.1) is 19.3 Å². The van der Waals surface area contributed by atoms with Gasteiger partial charge in [0, 0.05) is 12.4 Å². The number of H-pyrrole nitrogens is 1. The van der Waals surface area contributed by atoms with Crippen molar-refractivity contribution in [3.8, 4) is 11.5 Å². The fourth-order valence-electron chi connectivity index (χ4n) is 2.48. The lowest BCUT2D eigenvalue weighted by molar-refractivity contribution is 0.287. The third kappa shape index (κ3) is 3.97. The lowest BCUT2D eigenvalue weighted by Crippen LogP contribution is -2.14. The molecule has 0 aliphatic heterocycles. The molecule has 1 aromatic carbocycles. The molecule has 0 radical (unpaired) electrons. The molecule has 0 fully saturated rings. The van der Waals surface area contributed by atoms with E-state index in [1.165, 1.54) is 0 Å². The normalized spacial score (nSPS) is 12.1. The Morgan fingerprint density at radius 1 is 1.20 bits per heavy atom. The number of nitrogens with zero attached hydrogens (tertiary/aromatic N) is 4. The number of nitrogens with two attached hydrogens (primary N) is 1. The third-order valence-electron chi connectivity index (χ3n) is 3.62. The highest BCUT2D eigenvalue weighted by Gasteiger charge is 2.17. The van der Waals surface area contributed by atoms with Crippen LogP contribution in [0.25, 0.3) is 0 Å². The van der Waals surface area contributed by atoms with Crippen molar-refractivity contribution in [2.45, 2.75) is 26.4 Å². The molecule has 0 saturated carbocycles. The average molecular weight is 342 g/mol. The van der Waals surface area contributed by atoms with Crippen LogP contribution in [0.3, 0.4) is 0 Å². The van der Waals surface area contributed by atoms with Gasteiger partial charge in [0.25, 0.3) is 0 Å². The van der Waals surface area contributed by atoms with Crippen LogP contribution in [-0.2, 0) is 6.54 Å². The molecule has 3 N–H and O–H groups in total. The Bertz CT molecular complexity index is 799. The zero-order valence-electron chi connectivity index (χ0n) is 14.3. The molecule has 8 heteroatoms. The molecule has 0 bridgehead atoms.